The lowest BCUT2D eigenvalue weighted by Gasteiger charge is -2.19. The van der Waals surface area contributed by atoms with Crippen molar-refractivity contribution < 1.29 is 24.9 Å². The van der Waals surface area contributed by atoms with E-state index in [0.717, 1.165) is 13.0 Å². The van der Waals surface area contributed by atoms with E-state index < -0.39 is 28.8 Å². The molecule has 1 aliphatic rings. The molecule has 1 heterocycles. The van der Waals surface area contributed by atoms with Crippen LogP contribution in [-0.2, 0) is 0 Å². The first-order chi connectivity index (χ1) is 9.36. The van der Waals surface area contributed by atoms with E-state index in [0.29, 0.717) is 6.42 Å². The third kappa shape index (κ3) is 2.12. The van der Waals surface area contributed by atoms with E-state index in [1.54, 1.807) is 0 Å². The molecule has 1 saturated heterocycles. The Morgan fingerprint density at radius 1 is 1.00 bits per heavy atom. The number of ketones is 2. The molecule has 6 heteroatoms. The highest BCUT2D eigenvalue weighted by Crippen LogP contribution is 2.46. The van der Waals surface area contributed by atoms with E-state index >= 15 is 0 Å². The Balaban J connectivity index is 2.79. The highest BCUT2D eigenvalue weighted by Gasteiger charge is 2.32. The average molecular weight is 279 g/mol. The third-order valence-electron chi connectivity index (χ3n) is 3.57. The van der Waals surface area contributed by atoms with Gasteiger partial charge in [-0.2, -0.15) is 0 Å². The van der Waals surface area contributed by atoms with Crippen molar-refractivity contribution in [3.63, 3.8) is 0 Å². The molecule has 6 nitrogen and oxygen atoms in total. The Kier molecular flexibility index (Phi) is 3.67. The SMILES string of the molecule is CC(=O)c1c(O)c(C(C)=O)c(O)c(C2CCCN2)c1O. The molecule has 108 valence electrons. The number of hydrogen-bond acceptors (Lipinski definition) is 6. The number of carbonyl (C=O) groups excluding carboxylic acids is 2. The van der Waals surface area contributed by atoms with Gasteiger partial charge >= 0.3 is 0 Å². The maximum absolute atomic E-state index is 11.6. The molecule has 1 aromatic carbocycles. The molecule has 1 aliphatic heterocycles. The molecule has 1 fully saturated rings. The van der Waals surface area contributed by atoms with Crippen LogP contribution < -0.4 is 5.32 Å². The number of benzene rings is 1. The van der Waals surface area contributed by atoms with E-state index in [1.165, 1.54) is 13.8 Å². The predicted molar refractivity (Wildman–Crippen MR) is 71.4 cm³/mol. The molecule has 1 aromatic rings. The quantitative estimate of drug-likeness (QED) is 0.626. The number of aromatic hydroxyl groups is 3. The fourth-order valence-corrected chi connectivity index (χ4v) is 2.66. The van der Waals surface area contributed by atoms with Crippen LogP contribution in [-0.4, -0.2) is 33.4 Å². The fraction of sp³-hybridized carbons (Fsp3) is 0.429. The van der Waals surface area contributed by atoms with Crippen molar-refractivity contribution in [2.75, 3.05) is 6.54 Å². The number of nitrogens with one attached hydrogen (secondary N) is 1. The first-order valence-corrected chi connectivity index (χ1v) is 6.42. The van der Waals surface area contributed by atoms with Gasteiger partial charge in [0.15, 0.2) is 11.6 Å². The second-order valence-electron chi connectivity index (χ2n) is 4.97. The smallest absolute Gasteiger partial charge is 0.167 e. The minimum atomic E-state index is -0.665. The zero-order valence-corrected chi connectivity index (χ0v) is 11.4. The lowest BCUT2D eigenvalue weighted by atomic mass is 9.92. The standard InChI is InChI=1S/C14H17NO5/c1-6(16)9-12(18)10(7(2)17)14(20)11(13(9)19)8-4-3-5-15-8/h8,15,18-20H,3-5H2,1-2H3. The highest BCUT2D eigenvalue weighted by molar-refractivity contribution is 6.08. The van der Waals surface area contributed by atoms with Crippen molar-refractivity contribution in [1.29, 1.82) is 0 Å². The van der Waals surface area contributed by atoms with Crippen molar-refractivity contribution in [1.82, 2.24) is 5.32 Å². The third-order valence-corrected chi connectivity index (χ3v) is 3.57. The summed E-state index contributed by atoms with van der Waals surface area (Å²) in [5, 5.41) is 33.4. The van der Waals surface area contributed by atoms with Crippen LogP contribution in [0.15, 0.2) is 0 Å². The van der Waals surface area contributed by atoms with Gasteiger partial charge < -0.3 is 20.6 Å². The second kappa shape index (κ2) is 5.13. The van der Waals surface area contributed by atoms with Crippen molar-refractivity contribution in [2.45, 2.75) is 32.7 Å². The van der Waals surface area contributed by atoms with Gasteiger partial charge in [-0.15, -0.1) is 0 Å². The Morgan fingerprint density at radius 2 is 1.50 bits per heavy atom. The molecule has 1 atom stereocenters. The predicted octanol–water partition coefficient (Wildman–Crippen LogP) is 1.63. The van der Waals surface area contributed by atoms with Crippen LogP contribution in [0.25, 0.3) is 0 Å². The molecule has 0 amide bonds. The summed E-state index contributed by atoms with van der Waals surface area (Å²) in [6.45, 7) is 3.08. The summed E-state index contributed by atoms with van der Waals surface area (Å²) < 4.78 is 0. The minimum Gasteiger partial charge on any atom is -0.507 e. The van der Waals surface area contributed by atoms with Crippen LogP contribution in [0, 0.1) is 0 Å². The summed E-state index contributed by atoms with van der Waals surface area (Å²) in [6, 6.07) is -0.341. The molecular formula is C14H17NO5. The summed E-state index contributed by atoms with van der Waals surface area (Å²) in [6.07, 6.45) is 1.52. The fourth-order valence-electron chi connectivity index (χ4n) is 2.66. The van der Waals surface area contributed by atoms with Crippen molar-refractivity contribution in [3.8, 4) is 17.2 Å². The molecule has 0 radical (unpaired) electrons. The summed E-state index contributed by atoms with van der Waals surface area (Å²) in [5.41, 5.74) is -0.538. The number of hydrogen-bond donors (Lipinski definition) is 4. The maximum Gasteiger partial charge on any atom is 0.167 e. The van der Waals surface area contributed by atoms with Gasteiger partial charge in [0.05, 0.1) is 5.56 Å². The zero-order valence-electron chi connectivity index (χ0n) is 11.4. The van der Waals surface area contributed by atoms with E-state index in [1.807, 2.05) is 0 Å². The Bertz CT molecular complexity index is 547. The van der Waals surface area contributed by atoms with E-state index in [-0.39, 0.29) is 22.7 Å². The van der Waals surface area contributed by atoms with Crippen LogP contribution in [0.2, 0.25) is 0 Å². The number of Topliss-reactive ketones (excluding diaryl/α,β-unsaturated/α-hetero) is 2. The van der Waals surface area contributed by atoms with Gasteiger partial charge in [-0.1, -0.05) is 0 Å². The van der Waals surface area contributed by atoms with Crippen LogP contribution in [0.5, 0.6) is 17.2 Å². The Hall–Kier alpha value is -2.08. The summed E-state index contributed by atoms with van der Waals surface area (Å²) in [4.78, 5) is 23.2. The van der Waals surface area contributed by atoms with E-state index in [4.69, 9.17) is 0 Å². The molecule has 0 bridgehead atoms. The van der Waals surface area contributed by atoms with Crippen LogP contribution in [0.1, 0.15) is 59.0 Å². The molecular weight excluding hydrogens is 262 g/mol. The highest BCUT2D eigenvalue weighted by atomic mass is 16.3. The van der Waals surface area contributed by atoms with Crippen molar-refractivity contribution in [3.05, 3.63) is 16.7 Å². The lowest BCUT2D eigenvalue weighted by molar-refractivity contribution is 0.101. The largest absolute Gasteiger partial charge is 0.507 e. The molecule has 0 saturated carbocycles. The van der Waals surface area contributed by atoms with Gasteiger partial charge in [-0.3, -0.25) is 9.59 Å². The Labute approximate surface area is 116 Å². The summed E-state index contributed by atoms with van der Waals surface area (Å²) in [7, 11) is 0. The summed E-state index contributed by atoms with van der Waals surface area (Å²) >= 11 is 0. The zero-order chi connectivity index (χ0) is 15.0. The van der Waals surface area contributed by atoms with Gasteiger partial charge in [-0.25, -0.2) is 0 Å². The van der Waals surface area contributed by atoms with Gasteiger partial charge in [0.2, 0.25) is 0 Å². The maximum atomic E-state index is 11.6. The number of phenolic OH excluding ortho intramolecular Hbond substituents is 3. The summed E-state index contributed by atoms with van der Waals surface area (Å²) in [5.74, 6) is -2.72. The van der Waals surface area contributed by atoms with Gasteiger partial charge in [0.1, 0.15) is 28.4 Å². The van der Waals surface area contributed by atoms with Crippen LogP contribution >= 0.6 is 0 Å². The lowest BCUT2D eigenvalue weighted by Crippen LogP contribution is -2.15. The first-order valence-electron chi connectivity index (χ1n) is 6.42. The van der Waals surface area contributed by atoms with Gasteiger partial charge in [-0.05, 0) is 33.2 Å². The van der Waals surface area contributed by atoms with Crippen molar-refractivity contribution >= 4 is 11.6 Å². The number of phenols is 3. The topological polar surface area (TPSA) is 107 Å². The van der Waals surface area contributed by atoms with Gasteiger partial charge in [0.25, 0.3) is 0 Å². The number of rotatable bonds is 3. The molecule has 0 spiro atoms. The van der Waals surface area contributed by atoms with Crippen LogP contribution in [0.3, 0.4) is 0 Å². The van der Waals surface area contributed by atoms with E-state index in [9.17, 15) is 24.9 Å². The van der Waals surface area contributed by atoms with Gasteiger partial charge in [0, 0.05) is 6.04 Å². The molecule has 0 aromatic heterocycles. The minimum absolute atomic E-state index is 0.107. The Morgan fingerprint density at radius 3 is 1.85 bits per heavy atom. The molecule has 2 rings (SSSR count). The first kappa shape index (κ1) is 14.3. The molecule has 1 unspecified atom stereocenters. The number of carbonyl (C=O) groups is 2. The average Bonchev–Trinajstić information content (AvgIpc) is 2.80. The molecule has 0 aliphatic carbocycles. The second-order valence-corrected chi connectivity index (χ2v) is 4.97. The van der Waals surface area contributed by atoms with E-state index in [2.05, 4.69) is 5.32 Å². The molecule has 20 heavy (non-hydrogen) atoms. The van der Waals surface area contributed by atoms with Crippen molar-refractivity contribution in [2.24, 2.45) is 0 Å². The van der Waals surface area contributed by atoms with Crippen LogP contribution in [0.4, 0.5) is 0 Å². The normalized spacial score (nSPS) is 18.2. The molecule has 4 N–H and O–H groups in total. The monoisotopic (exact) mass is 279 g/mol.